The highest BCUT2D eigenvalue weighted by molar-refractivity contribution is 6.03. The number of aromatic amines is 1. The summed E-state index contributed by atoms with van der Waals surface area (Å²) in [5.74, 6) is 3.39. The van der Waals surface area contributed by atoms with Crippen LogP contribution in [0.3, 0.4) is 0 Å². The van der Waals surface area contributed by atoms with Crippen LogP contribution < -0.4 is 10.6 Å². The fraction of sp³-hybridized carbons (Fsp3) is 0. The lowest BCUT2D eigenvalue weighted by atomic mass is 10.2. The molecule has 1 aromatic carbocycles. The van der Waals surface area contributed by atoms with Gasteiger partial charge in [0.2, 0.25) is 0 Å². The van der Waals surface area contributed by atoms with E-state index in [0.717, 1.165) is 34.0 Å². The summed E-state index contributed by atoms with van der Waals surface area (Å²) in [6, 6.07) is 19.7. The summed E-state index contributed by atoms with van der Waals surface area (Å²) in [5.41, 5.74) is 0. The number of H-pyrrole nitrogens is 1. The van der Waals surface area contributed by atoms with E-state index in [1.165, 1.54) is 0 Å². The predicted octanol–water partition coefficient (Wildman–Crippen LogP) is 4.45. The van der Waals surface area contributed by atoms with Gasteiger partial charge in [0.1, 0.15) is 23.3 Å². The zero-order valence-corrected chi connectivity index (χ0v) is 12.3. The third-order valence-electron chi connectivity index (χ3n) is 3.55. The van der Waals surface area contributed by atoms with Gasteiger partial charge in [-0.15, -0.1) is 0 Å². The molecular formula is C18H15N5. The fourth-order valence-corrected chi connectivity index (χ4v) is 2.51. The second-order valence-corrected chi connectivity index (χ2v) is 5.10. The molecular weight excluding hydrogens is 286 g/mol. The quantitative estimate of drug-likeness (QED) is 0.521. The Morgan fingerprint density at radius 1 is 0.609 bits per heavy atom. The minimum atomic E-state index is 0.795. The van der Waals surface area contributed by atoms with Crippen LogP contribution in [-0.2, 0) is 0 Å². The van der Waals surface area contributed by atoms with Gasteiger partial charge in [0, 0.05) is 23.2 Å². The van der Waals surface area contributed by atoms with Crippen LogP contribution in [0.1, 0.15) is 0 Å². The number of benzene rings is 1. The molecule has 0 saturated carbocycles. The molecule has 0 saturated heterocycles. The maximum Gasteiger partial charge on any atom is 0.131 e. The molecule has 3 N–H and O–H groups in total. The minimum absolute atomic E-state index is 0.795. The first-order chi connectivity index (χ1) is 11.4. The van der Waals surface area contributed by atoms with Gasteiger partial charge in [-0.2, -0.15) is 0 Å². The van der Waals surface area contributed by atoms with Crippen molar-refractivity contribution in [2.75, 3.05) is 10.6 Å². The summed E-state index contributed by atoms with van der Waals surface area (Å²) in [4.78, 5) is 12.0. The van der Waals surface area contributed by atoms with E-state index in [2.05, 4.69) is 37.7 Å². The van der Waals surface area contributed by atoms with Gasteiger partial charge in [0.05, 0.1) is 0 Å². The summed E-state index contributed by atoms with van der Waals surface area (Å²) in [7, 11) is 0. The average Bonchev–Trinajstić information content (AvgIpc) is 2.95. The van der Waals surface area contributed by atoms with Crippen molar-refractivity contribution in [3.63, 3.8) is 0 Å². The molecule has 0 aliphatic rings. The zero-order chi connectivity index (χ0) is 15.5. The van der Waals surface area contributed by atoms with E-state index in [-0.39, 0.29) is 0 Å². The second-order valence-electron chi connectivity index (χ2n) is 5.10. The van der Waals surface area contributed by atoms with E-state index in [0.29, 0.717) is 0 Å². The first-order valence-electron chi connectivity index (χ1n) is 7.37. The molecule has 3 aromatic heterocycles. The summed E-state index contributed by atoms with van der Waals surface area (Å²) in [6.07, 6.45) is 3.53. The smallest absolute Gasteiger partial charge is 0.131 e. The van der Waals surface area contributed by atoms with Crippen molar-refractivity contribution < 1.29 is 0 Å². The summed E-state index contributed by atoms with van der Waals surface area (Å²) < 4.78 is 0. The highest BCUT2D eigenvalue weighted by Crippen LogP contribution is 2.32. The fourth-order valence-electron chi connectivity index (χ4n) is 2.51. The molecule has 4 aromatic rings. The molecule has 0 spiro atoms. The number of anilines is 4. The number of nitrogens with one attached hydrogen (secondary N) is 3. The van der Waals surface area contributed by atoms with Crippen LogP contribution in [0.15, 0.2) is 73.1 Å². The first kappa shape index (κ1) is 13.3. The van der Waals surface area contributed by atoms with Crippen LogP contribution in [0.2, 0.25) is 0 Å². The maximum absolute atomic E-state index is 4.31. The molecule has 0 atom stereocenters. The second kappa shape index (κ2) is 5.81. The number of pyridine rings is 2. The molecule has 0 bridgehead atoms. The molecule has 0 aliphatic heterocycles. The van der Waals surface area contributed by atoms with Crippen molar-refractivity contribution in [2.45, 2.75) is 0 Å². The average molecular weight is 301 g/mol. The topological polar surface area (TPSA) is 65.6 Å². The summed E-state index contributed by atoms with van der Waals surface area (Å²) in [5, 5.41) is 8.84. The molecule has 112 valence electrons. The van der Waals surface area contributed by atoms with Gasteiger partial charge in [-0.25, -0.2) is 9.97 Å². The maximum atomic E-state index is 4.31. The van der Waals surface area contributed by atoms with Gasteiger partial charge in [0.25, 0.3) is 0 Å². The van der Waals surface area contributed by atoms with Crippen molar-refractivity contribution >= 4 is 34.0 Å². The molecule has 4 rings (SSSR count). The Hall–Kier alpha value is -3.34. The third-order valence-corrected chi connectivity index (χ3v) is 3.55. The molecule has 5 nitrogen and oxygen atoms in total. The highest BCUT2D eigenvalue weighted by atomic mass is 15.1. The number of nitrogens with zero attached hydrogens (tertiary/aromatic N) is 2. The largest absolute Gasteiger partial charge is 0.327 e. The van der Waals surface area contributed by atoms with Crippen LogP contribution >= 0.6 is 0 Å². The van der Waals surface area contributed by atoms with Crippen LogP contribution in [0, 0.1) is 0 Å². The van der Waals surface area contributed by atoms with E-state index in [4.69, 9.17) is 0 Å². The van der Waals surface area contributed by atoms with Crippen molar-refractivity contribution in [1.82, 2.24) is 15.0 Å². The van der Waals surface area contributed by atoms with Crippen LogP contribution in [0.25, 0.3) is 10.8 Å². The number of aromatic nitrogens is 3. The molecule has 0 unspecified atom stereocenters. The first-order valence-corrected chi connectivity index (χ1v) is 7.37. The molecule has 3 heterocycles. The Labute approximate surface area is 133 Å². The lowest BCUT2D eigenvalue weighted by Crippen LogP contribution is -1.95. The van der Waals surface area contributed by atoms with Gasteiger partial charge < -0.3 is 15.6 Å². The van der Waals surface area contributed by atoms with Crippen molar-refractivity contribution in [2.24, 2.45) is 0 Å². The van der Waals surface area contributed by atoms with Gasteiger partial charge in [-0.1, -0.05) is 36.4 Å². The van der Waals surface area contributed by atoms with Crippen molar-refractivity contribution in [1.29, 1.82) is 0 Å². The van der Waals surface area contributed by atoms with Crippen LogP contribution in [0.5, 0.6) is 0 Å². The molecule has 5 heteroatoms. The molecule has 0 fully saturated rings. The summed E-state index contributed by atoms with van der Waals surface area (Å²) in [6.45, 7) is 0. The van der Waals surface area contributed by atoms with E-state index >= 15 is 0 Å². The van der Waals surface area contributed by atoms with Gasteiger partial charge in [-0.05, 0) is 24.3 Å². The SMILES string of the molecule is c1ccc(Nc2[nH]c(Nc3ccccn3)c3ccccc23)nc1. The number of hydrogen-bond donors (Lipinski definition) is 3. The Kier molecular flexibility index (Phi) is 3.37. The van der Waals surface area contributed by atoms with Gasteiger partial charge in [-0.3, -0.25) is 0 Å². The third kappa shape index (κ3) is 2.72. The Morgan fingerprint density at radius 3 is 1.52 bits per heavy atom. The van der Waals surface area contributed by atoms with E-state index < -0.39 is 0 Å². The minimum Gasteiger partial charge on any atom is -0.327 e. The van der Waals surface area contributed by atoms with Crippen LogP contribution in [-0.4, -0.2) is 15.0 Å². The van der Waals surface area contributed by atoms with E-state index in [1.54, 1.807) is 12.4 Å². The number of hydrogen-bond acceptors (Lipinski definition) is 4. The molecule has 0 amide bonds. The monoisotopic (exact) mass is 301 g/mol. The number of rotatable bonds is 4. The van der Waals surface area contributed by atoms with Gasteiger partial charge >= 0.3 is 0 Å². The van der Waals surface area contributed by atoms with Gasteiger partial charge in [0.15, 0.2) is 0 Å². The van der Waals surface area contributed by atoms with Crippen LogP contribution in [0.4, 0.5) is 23.3 Å². The molecule has 0 aliphatic carbocycles. The molecule has 23 heavy (non-hydrogen) atoms. The predicted molar refractivity (Wildman–Crippen MR) is 93.3 cm³/mol. The normalized spacial score (nSPS) is 10.6. The zero-order valence-electron chi connectivity index (χ0n) is 12.3. The van der Waals surface area contributed by atoms with Crippen molar-refractivity contribution in [3.05, 3.63) is 73.1 Å². The Bertz CT molecular complexity index is 840. The van der Waals surface area contributed by atoms with Crippen molar-refractivity contribution in [3.8, 4) is 0 Å². The number of fused-ring (bicyclic) bond motifs is 1. The summed E-state index contributed by atoms with van der Waals surface area (Å²) >= 11 is 0. The van der Waals surface area contributed by atoms with E-state index in [9.17, 15) is 0 Å². The lowest BCUT2D eigenvalue weighted by Gasteiger charge is -2.04. The lowest BCUT2D eigenvalue weighted by molar-refractivity contribution is 1.26. The standard InChI is InChI=1S/C18H15N5/c1-2-8-14-13(7-1)17(21-15-9-3-5-11-19-15)23-18(14)22-16-10-4-6-12-20-16/h1-12,23H,(H,19,21)(H,20,22). The molecule has 0 radical (unpaired) electrons. The van der Waals surface area contributed by atoms with E-state index in [1.807, 2.05) is 48.5 Å². The Balaban J connectivity index is 1.74. The Morgan fingerprint density at radius 2 is 1.09 bits per heavy atom. The highest BCUT2D eigenvalue weighted by Gasteiger charge is 2.10.